The third-order valence-corrected chi connectivity index (χ3v) is 9.51. The van der Waals surface area contributed by atoms with E-state index in [0.717, 1.165) is 15.4 Å². The zero-order chi connectivity index (χ0) is 34.0. The molecule has 0 saturated carbocycles. The zero-order valence-corrected chi connectivity index (χ0v) is 28.5. The van der Waals surface area contributed by atoms with Gasteiger partial charge in [0.05, 0.1) is 24.8 Å². The van der Waals surface area contributed by atoms with Gasteiger partial charge >= 0.3 is 0 Å². The van der Waals surface area contributed by atoms with Crippen LogP contribution in [0.25, 0.3) is 0 Å². The van der Waals surface area contributed by atoms with Gasteiger partial charge in [-0.1, -0.05) is 86.1 Å². The molecule has 9 nitrogen and oxygen atoms in total. The maximum absolute atomic E-state index is 14.5. The zero-order valence-electron chi connectivity index (χ0n) is 26.9. The highest BCUT2D eigenvalue weighted by molar-refractivity contribution is 7.92. The summed E-state index contributed by atoms with van der Waals surface area (Å²) in [6.07, 6.45) is 0.220. The molecule has 0 bridgehead atoms. The maximum atomic E-state index is 14.5. The van der Waals surface area contributed by atoms with Crippen LogP contribution in [0.2, 0.25) is 5.02 Å². The summed E-state index contributed by atoms with van der Waals surface area (Å²) < 4.78 is 40.3. The van der Waals surface area contributed by atoms with Crippen molar-refractivity contribution >= 4 is 39.1 Å². The van der Waals surface area contributed by atoms with Gasteiger partial charge in [0.15, 0.2) is 11.5 Å². The second-order valence-corrected chi connectivity index (χ2v) is 13.7. The van der Waals surface area contributed by atoms with Gasteiger partial charge in [-0.25, -0.2) is 8.42 Å². The van der Waals surface area contributed by atoms with Gasteiger partial charge in [0.2, 0.25) is 11.8 Å². The lowest BCUT2D eigenvalue weighted by atomic mass is 10.0. The van der Waals surface area contributed by atoms with Gasteiger partial charge in [-0.15, -0.1) is 0 Å². The first-order chi connectivity index (χ1) is 22.5. The summed E-state index contributed by atoms with van der Waals surface area (Å²) >= 11 is 6.15. The van der Waals surface area contributed by atoms with Crippen LogP contribution in [0.3, 0.4) is 0 Å². The van der Waals surface area contributed by atoms with Crippen LogP contribution in [-0.4, -0.2) is 58.5 Å². The highest BCUT2D eigenvalue weighted by Crippen LogP contribution is 2.32. The quantitative estimate of drug-likeness (QED) is 0.166. The van der Waals surface area contributed by atoms with Gasteiger partial charge in [-0.3, -0.25) is 13.9 Å². The molecule has 0 heterocycles. The minimum Gasteiger partial charge on any atom is -0.493 e. The summed E-state index contributed by atoms with van der Waals surface area (Å²) in [5.74, 6) is -0.134. The number of hydrogen-bond donors (Lipinski definition) is 1. The number of para-hydroxylation sites is 1. The Morgan fingerprint density at radius 2 is 1.43 bits per heavy atom. The summed E-state index contributed by atoms with van der Waals surface area (Å²) in [5.41, 5.74) is 1.86. The minimum absolute atomic E-state index is 0.0433. The number of anilines is 1. The Bertz CT molecular complexity index is 1740. The lowest BCUT2D eigenvalue weighted by Gasteiger charge is -2.34. The van der Waals surface area contributed by atoms with Crippen LogP contribution in [0.15, 0.2) is 108 Å². The molecule has 0 aromatic heterocycles. The molecule has 4 rings (SSSR count). The number of amides is 2. The first-order valence-corrected chi connectivity index (χ1v) is 17.0. The Morgan fingerprint density at radius 1 is 0.809 bits per heavy atom. The highest BCUT2D eigenvalue weighted by Gasteiger charge is 2.35. The number of halogens is 1. The van der Waals surface area contributed by atoms with E-state index in [0.29, 0.717) is 17.3 Å². The molecule has 248 valence electrons. The monoisotopic (exact) mass is 677 g/mol. The summed E-state index contributed by atoms with van der Waals surface area (Å²) in [4.78, 5) is 29.8. The van der Waals surface area contributed by atoms with Gasteiger partial charge in [0.25, 0.3) is 10.0 Å². The van der Waals surface area contributed by atoms with Gasteiger partial charge < -0.3 is 19.7 Å². The standard InChI is InChI=1S/C36H40ClN3O6S/c1-26(2)23-38-36(42)32(21-27-11-7-5-8-12-27)39(24-28-15-17-29(37)18-16-28)35(41)25-40(30-13-9-6-10-14-30)47(43,44)31-19-20-33(45-3)34(22-31)46-4/h5-20,22,26,32H,21,23-25H2,1-4H3,(H,38,42)/t32-/m0/s1. The fraction of sp³-hybridized carbons (Fsp3) is 0.278. The number of carbonyl (C=O) groups is 2. The molecule has 1 N–H and O–H groups in total. The van der Waals surface area contributed by atoms with E-state index in [1.54, 1.807) is 54.6 Å². The van der Waals surface area contributed by atoms with Crippen molar-refractivity contribution < 1.29 is 27.5 Å². The normalized spacial score (nSPS) is 11.9. The lowest BCUT2D eigenvalue weighted by Crippen LogP contribution is -2.53. The lowest BCUT2D eigenvalue weighted by molar-refractivity contribution is -0.140. The number of nitrogens with zero attached hydrogens (tertiary/aromatic N) is 2. The van der Waals surface area contributed by atoms with Gasteiger partial charge in [0, 0.05) is 30.6 Å². The molecule has 4 aromatic carbocycles. The van der Waals surface area contributed by atoms with E-state index < -0.39 is 28.5 Å². The molecule has 11 heteroatoms. The molecule has 4 aromatic rings. The van der Waals surface area contributed by atoms with E-state index in [2.05, 4.69) is 5.32 Å². The number of methoxy groups -OCH3 is 2. The predicted molar refractivity (Wildman–Crippen MR) is 184 cm³/mol. The second-order valence-electron chi connectivity index (χ2n) is 11.4. The van der Waals surface area contributed by atoms with E-state index >= 15 is 0 Å². The van der Waals surface area contributed by atoms with Gasteiger partial charge in [0.1, 0.15) is 12.6 Å². The molecule has 47 heavy (non-hydrogen) atoms. The number of sulfonamides is 1. The van der Waals surface area contributed by atoms with E-state index in [-0.39, 0.29) is 41.1 Å². The predicted octanol–water partition coefficient (Wildman–Crippen LogP) is 5.96. The number of ether oxygens (including phenoxy) is 2. The average Bonchev–Trinajstić information content (AvgIpc) is 3.08. The molecule has 0 aliphatic heterocycles. The first kappa shape index (κ1) is 35.3. The third kappa shape index (κ3) is 9.27. The molecule has 0 fully saturated rings. The number of benzene rings is 4. The van der Waals surface area contributed by atoms with E-state index in [4.69, 9.17) is 21.1 Å². The van der Waals surface area contributed by atoms with Crippen molar-refractivity contribution in [2.75, 3.05) is 31.6 Å². The summed E-state index contributed by atoms with van der Waals surface area (Å²) in [6, 6.07) is 28.1. The Balaban J connectivity index is 1.80. The molecule has 1 atom stereocenters. The average molecular weight is 678 g/mol. The Hall–Kier alpha value is -4.54. The Labute approximate surface area is 282 Å². The Kier molecular flexibility index (Phi) is 12.3. The second kappa shape index (κ2) is 16.3. The van der Waals surface area contributed by atoms with Gasteiger partial charge in [-0.05, 0) is 53.4 Å². The largest absolute Gasteiger partial charge is 0.493 e. The SMILES string of the molecule is COc1ccc(S(=O)(=O)N(CC(=O)N(Cc2ccc(Cl)cc2)[C@@H](Cc2ccccc2)C(=O)NCC(C)C)c2ccccc2)cc1OC. The van der Waals surface area contributed by atoms with Gasteiger partial charge in [-0.2, -0.15) is 0 Å². The Morgan fingerprint density at radius 3 is 2.02 bits per heavy atom. The van der Waals surface area contributed by atoms with Crippen molar-refractivity contribution in [1.29, 1.82) is 0 Å². The van der Waals surface area contributed by atoms with Crippen LogP contribution < -0.4 is 19.1 Å². The number of rotatable bonds is 15. The molecule has 0 aliphatic carbocycles. The number of hydrogen-bond acceptors (Lipinski definition) is 6. The fourth-order valence-electron chi connectivity index (χ4n) is 4.99. The number of carbonyl (C=O) groups excluding carboxylic acids is 2. The third-order valence-electron chi connectivity index (χ3n) is 7.49. The van der Waals surface area contributed by atoms with Crippen LogP contribution in [0.1, 0.15) is 25.0 Å². The van der Waals surface area contributed by atoms with Crippen LogP contribution >= 0.6 is 11.6 Å². The topological polar surface area (TPSA) is 105 Å². The highest BCUT2D eigenvalue weighted by atomic mass is 35.5. The van der Waals surface area contributed by atoms with Crippen LogP contribution in [0.5, 0.6) is 11.5 Å². The molecule has 0 spiro atoms. The van der Waals surface area contributed by atoms with Crippen LogP contribution in [-0.2, 0) is 32.6 Å². The van der Waals surface area contributed by atoms with E-state index in [9.17, 15) is 18.0 Å². The van der Waals surface area contributed by atoms with Crippen LogP contribution in [0, 0.1) is 5.92 Å². The summed E-state index contributed by atoms with van der Waals surface area (Å²) in [7, 11) is -1.44. The molecular formula is C36H40ClN3O6S. The summed E-state index contributed by atoms with van der Waals surface area (Å²) in [5, 5.41) is 3.51. The molecule has 0 aliphatic rings. The molecule has 0 unspecified atom stereocenters. The van der Waals surface area contributed by atoms with Crippen molar-refractivity contribution in [3.05, 3.63) is 119 Å². The molecule has 2 amide bonds. The van der Waals surface area contributed by atoms with Crippen LogP contribution in [0.4, 0.5) is 5.69 Å². The molecule has 0 radical (unpaired) electrons. The smallest absolute Gasteiger partial charge is 0.264 e. The number of nitrogens with one attached hydrogen (secondary N) is 1. The van der Waals surface area contributed by atoms with E-state index in [1.165, 1.54) is 37.3 Å². The van der Waals surface area contributed by atoms with Crippen molar-refractivity contribution in [2.24, 2.45) is 5.92 Å². The summed E-state index contributed by atoms with van der Waals surface area (Å²) in [6.45, 7) is 3.86. The minimum atomic E-state index is -4.31. The van der Waals surface area contributed by atoms with Crippen molar-refractivity contribution in [3.8, 4) is 11.5 Å². The van der Waals surface area contributed by atoms with Crippen molar-refractivity contribution in [2.45, 2.75) is 37.8 Å². The fourth-order valence-corrected chi connectivity index (χ4v) is 6.55. The maximum Gasteiger partial charge on any atom is 0.264 e. The molecular weight excluding hydrogens is 638 g/mol. The van der Waals surface area contributed by atoms with Crippen molar-refractivity contribution in [3.63, 3.8) is 0 Å². The van der Waals surface area contributed by atoms with Crippen molar-refractivity contribution in [1.82, 2.24) is 10.2 Å². The molecule has 0 saturated heterocycles. The van der Waals surface area contributed by atoms with E-state index in [1.807, 2.05) is 44.2 Å². The first-order valence-electron chi connectivity index (χ1n) is 15.2.